The first-order chi connectivity index (χ1) is 10.1. The molecule has 108 valence electrons. The monoisotopic (exact) mass is 286 g/mol. The Kier molecular flexibility index (Phi) is 4.50. The van der Waals surface area contributed by atoms with E-state index in [1.807, 2.05) is 0 Å². The number of rotatable bonds is 5. The SMILES string of the molecule is COc1ccc(CC(=O)Nc2cccc(C(=O)O)n2)cc1. The predicted octanol–water partition coefficient (Wildman–Crippen LogP) is 1.97. The second-order valence-corrected chi connectivity index (χ2v) is 4.29. The summed E-state index contributed by atoms with van der Waals surface area (Å²) in [5, 5.41) is 11.4. The van der Waals surface area contributed by atoms with E-state index >= 15 is 0 Å². The van der Waals surface area contributed by atoms with Crippen LogP contribution in [0.2, 0.25) is 0 Å². The van der Waals surface area contributed by atoms with Crippen LogP contribution in [0, 0.1) is 0 Å². The number of benzene rings is 1. The number of nitrogens with zero attached hydrogens (tertiary/aromatic N) is 1. The lowest BCUT2D eigenvalue weighted by Gasteiger charge is -2.06. The molecular weight excluding hydrogens is 272 g/mol. The topological polar surface area (TPSA) is 88.5 Å². The van der Waals surface area contributed by atoms with E-state index in [0.29, 0.717) is 0 Å². The average molecular weight is 286 g/mol. The van der Waals surface area contributed by atoms with Gasteiger partial charge in [0.05, 0.1) is 13.5 Å². The lowest BCUT2D eigenvalue weighted by atomic mass is 10.1. The molecule has 2 N–H and O–H groups in total. The molecule has 21 heavy (non-hydrogen) atoms. The molecule has 1 amide bonds. The van der Waals surface area contributed by atoms with Crippen molar-refractivity contribution in [2.75, 3.05) is 12.4 Å². The summed E-state index contributed by atoms with van der Waals surface area (Å²) in [6, 6.07) is 11.6. The van der Waals surface area contributed by atoms with Gasteiger partial charge in [0.2, 0.25) is 5.91 Å². The minimum Gasteiger partial charge on any atom is -0.497 e. The lowest BCUT2D eigenvalue weighted by Crippen LogP contribution is -2.16. The number of hydrogen-bond donors (Lipinski definition) is 2. The summed E-state index contributed by atoms with van der Waals surface area (Å²) in [5.41, 5.74) is 0.708. The Morgan fingerprint density at radius 1 is 1.19 bits per heavy atom. The molecule has 0 aliphatic carbocycles. The van der Waals surface area contributed by atoms with E-state index in [9.17, 15) is 9.59 Å². The Bertz CT molecular complexity index is 653. The maximum Gasteiger partial charge on any atom is 0.354 e. The second-order valence-electron chi connectivity index (χ2n) is 4.29. The van der Waals surface area contributed by atoms with Crippen LogP contribution >= 0.6 is 0 Å². The van der Waals surface area contributed by atoms with Gasteiger partial charge in [-0.2, -0.15) is 0 Å². The first kappa shape index (κ1) is 14.5. The van der Waals surface area contributed by atoms with Crippen LogP contribution in [0.25, 0.3) is 0 Å². The Labute approximate surface area is 121 Å². The van der Waals surface area contributed by atoms with E-state index in [1.54, 1.807) is 37.4 Å². The molecule has 0 fully saturated rings. The van der Waals surface area contributed by atoms with Crippen molar-refractivity contribution < 1.29 is 19.4 Å². The third-order valence-electron chi connectivity index (χ3n) is 2.76. The Balaban J connectivity index is 2.00. The van der Waals surface area contributed by atoms with Crippen molar-refractivity contribution >= 4 is 17.7 Å². The summed E-state index contributed by atoms with van der Waals surface area (Å²) in [7, 11) is 1.57. The van der Waals surface area contributed by atoms with Crippen LogP contribution in [0.4, 0.5) is 5.82 Å². The fourth-order valence-corrected chi connectivity index (χ4v) is 1.74. The van der Waals surface area contributed by atoms with E-state index in [-0.39, 0.29) is 23.8 Å². The first-order valence-corrected chi connectivity index (χ1v) is 6.21. The molecule has 0 bridgehead atoms. The first-order valence-electron chi connectivity index (χ1n) is 6.21. The number of hydrogen-bond acceptors (Lipinski definition) is 4. The van der Waals surface area contributed by atoms with Crippen molar-refractivity contribution in [1.82, 2.24) is 4.98 Å². The Hall–Kier alpha value is -2.89. The minimum atomic E-state index is -1.14. The standard InChI is InChI=1S/C15H14N2O4/c1-21-11-7-5-10(6-8-11)9-14(18)17-13-4-2-3-12(16-13)15(19)20/h2-8H,9H2,1H3,(H,19,20)(H,16,17,18). The molecule has 2 aromatic rings. The van der Waals surface area contributed by atoms with E-state index in [0.717, 1.165) is 11.3 Å². The van der Waals surface area contributed by atoms with Gasteiger partial charge in [-0.05, 0) is 29.8 Å². The Morgan fingerprint density at radius 3 is 2.52 bits per heavy atom. The van der Waals surface area contributed by atoms with Gasteiger partial charge in [-0.15, -0.1) is 0 Å². The molecule has 0 aliphatic heterocycles. The highest BCUT2D eigenvalue weighted by Gasteiger charge is 2.08. The summed E-state index contributed by atoms with van der Waals surface area (Å²) < 4.78 is 5.04. The zero-order chi connectivity index (χ0) is 15.2. The van der Waals surface area contributed by atoms with Crippen LogP contribution in [0.3, 0.4) is 0 Å². The molecule has 0 aliphatic rings. The number of methoxy groups -OCH3 is 1. The molecule has 1 aromatic heterocycles. The molecule has 1 heterocycles. The highest BCUT2D eigenvalue weighted by atomic mass is 16.5. The van der Waals surface area contributed by atoms with Gasteiger partial charge in [-0.1, -0.05) is 18.2 Å². The molecule has 0 unspecified atom stereocenters. The highest BCUT2D eigenvalue weighted by Crippen LogP contribution is 2.12. The van der Waals surface area contributed by atoms with Gasteiger partial charge >= 0.3 is 5.97 Å². The number of aromatic nitrogens is 1. The van der Waals surface area contributed by atoms with Crippen molar-refractivity contribution in [1.29, 1.82) is 0 Å². The summed E-state index contributed by atoms with van der Waals surface area (Å²) in [6.07, 6.45) is 0.170. The van der Waals surface area contributed by atoms with Gasteiger partial charge in [-0.25, -0.2) is 9.78 Å². The largest absolute Gasteiger partial charge is 0.497 e. The molecular formula is C15H14N2O4. The molecule has 1 aromatic carbocycles. The number of carboxylic acids is 1. The second kappa shape index (κ2) is 6.51. The van der Waals surface area contributed by atoms with Crippen molar-refractivity contribution in [3.63, 3.8) is 0 Å². The van der Waals surface area contributed by atoms with E-state index in [1.165, 1.54) is 12.1 Å². The number of carboxylic acid groups (broad SMARTS) is 1. The van der Waals surface area contributed by atoms with E-state index in [4.69, 9.17) is 9.84 Å². The number of carbonyl (C=O) groups excluding carboxylic acids is 1. The van der Waals surface area contributed by atoms with E-state index < -0.39 is 5.97 Å². The fourth-order valence-electron chi connectivity index (χ4n) is 1.74. The normalized spacial score (nSPS) is 9.95. The molecule has 6 nitrogen and oxygen atoms in total. The number of nitrogens with one attached hydrogen (secondary N) is 1. The van der Waals surface area contributed by atoms with Crippen molar-refractivity contribution in [3.05, 3.63) is 53.7 Å². The Morgan fingerprint density at radius 2 is 1.90 bits per heavy atom. The van der Waals surface area contributed by atoms with Crippen molar-refractivity contribution in [2.24, 2.45) is 0 Å². The van der Waals surface area contributed by atoms with Gasteiger partial charge in [0.25, 0.3) is 0 Å². The maximum absolute atomic E-state index is 11.9. The van der Waals surface area contributed by atoms with Gasteiger partial charge in [0.1, 0.15) is 11.6 Å². The number of ether oxygens (including phenoxy) is 1. The zero-order valence-corrected chi connectivity index (χ0v) is 11.4. The number of amides is 1. The average Bonchev–Trinajstić information content (AvgIpc) is 2.48. The minimum absolute atomic E-state index is 0.114. The molecule has 0 saturated carbocycles. The van der Waals surface area contributed by atoms with Gasteiger partial charge in [0, 0.05) is 0 Å². The van der Waals surface area contributed by atoms with Crippen LogP contribution < -0.4 is 10.1 Å². The summed E-state index contributed by atoms with van der Waals surface area (Å²) >= 11 is 0. The predicted molar refractivity (Wildman–Crippen MR) is 76.5 cm³/mol. The van der Waals surface area contributed by atoms with Crippen LogP contribution in [-0.4, -0.2) is 29.1 Å². The zero-order valence-electron chi connectivity index (χ0n) is 11.4. The number of aromatic carboxylic acids is 1. The van der Waals surface area contributed by atoms with Crippen LogP contribution in [0.15, 0.2) is 42.5 Å². The van der Waals surface area contributed by atoms with E-state index in [2.05, 4.69) is 10.3 Å². The van der Waals surface area contributed by atoms with Crippen molar-refractivity contribution in [3.8, 4) is 5.75 Å². The van der Waals surface area contributed by atoms with Crippen LogP contribution in [0.5, 0.6) is 5.75 Å². The number of anilines is 1. The van der Waals surface area contributed by atoms with Gasteiger partial charge < -0.3 is 15.2 Å². The third kappa shape index (κ3) is 4.04. The molecule has 6 heteroatoms. The number of carbonyl (C=O) groups is 2. The van der Waals surface area contributed by atoms with Crippen LogP contribution in [0.1, 0.15) is 16.1 Å². The maximum atomic E-state index is 11.9. The molecule has 0 radical (unpaired) electrons. The fraction of sp³-hybridized carbons (Fsp3) is 0.133. The molecule has 0 saturated heterocycles. The summed E-state index contributed by atoms with van der Waals surface area (Å²) in [5.74, 6) is -0.472. The van der Waals surface area contributed by atoms with Gasteiger partial charge in [-0.3, -0.25) is 4.79 Å². The number of pyridine rings is 1. The third-order valence-corrected chi connectivity index (χ3v) is 2.76. The molecule has 2 rings (SSSR count). The molecule has 0 spiro atoms. The highest BCUT2D eigenvalue weighted by molar-refractivity contribution is 5.92. The molecule has 0 atom stereocenters. The van der Waals surface area contributed by atoms with Gasteiger partial charge in [0.15, 0.2) is 5.69 Å². The lowest BCUT2D eigenvalue weighted by molar-refractivity contribution is -0.115. The smallest absolute Gasteiger partial charge is 0.354 e. The van der Waals surface area contributed by atoms with Crippen LogP contribution in [-0.2, 0) is 11.2 Å². The summed E-state index contributed by atoms with van der Waals surface area (Å²) in [4.78, 5) is 26.5. The van der Waals surface area contributed by atoms with Crippen molar-refractivity contribution in [2.45, 2.75) is 6.42 Å². The quantitative estimate of drug-likeness (QED) is 0.877. The summed E-state index contributed by atoms with van der Waals surface area (Å²) in [6.45, 7) is 0.